The van der Waals surface area contributed by atoms with Gasteiger partial charge in [0.15, 0.2) is 0 Å². The molecule has 86 valence electrons. The number of hydrogen-bond donors (Lipinski definition) is 0. The van der Waals surface area contributed by atoms with E-state index in [2.05, 4.69) is 6.58 Å². The molecule has 1 nitrogen and oxygen atoms in total. The zero-order valence-electron chi connectivity index (χ0n) is 8.71. The van der Waals surface area contributed by atoms with Crippen LogP contribution in [0.2, 0.25) is 0 Å². The van der Waals surface area contributed by atoms with Crippen molar-refractivity contribution in [3.63, 3.8) is 0 Å². The smallest absolute Gasteiger partial charge is 0.245 e. The summed E-state index contributed by atoms with van der Waals surface area (Å²) in [6, 6.07) is 0. The van der Waals surface area contributed by atoms with Crippen molar-refractivity contribution in [3.8, 4) is 0 Å². The van der Waals surface area contributed by atoms with E-state index in [4.69, 9.17) is 34.8 Å². The van der Waals surface area contributed by atoms with Gasteiger partial charge in [-0.25, -0.2) is 0 Å². The zero-order valence-corrected chi connectivity index (χ0v) is 11.0. The fraction of sp³-hybridized carbons (Fsp3) is 0.0833. The van der Waals surface area contributed by atoms with E-state index in [1.807, 2.05) is 0 Å². The van der Waals surface area contributed by atoms with Crippen LogP contribution in [0.3, 0.4) is 0 Å². The average Bonchev–Trinajstić information content (AvgIpc) is 2.23. The molecule has 0 radical (unpaired) electrons. The third kappa shape index (κ3) is 7.52. The second-order valence-corrected chi connectivity index (χ2v) is 3.93. The zero-order chi connectivity index (χ0) is 12.6. The van der Waals surface area contributed by atoms with Crippen LogP contribution in [0.5, 0.6) is 0 Å². The molecule has 4 heteroatoms. The maximum atomic E-state index is 10.4. The van der Waals surface area contributed by atoms with Crippen LogP contribution in [-0.4, -0.2) is 5.24 Å². The van der Waals surface area contributed by atoms with E-state index in [1.54, 1.807) is 31.2 Å². The van der Waals surface area contributed by atoms with Crippen LogP contribution in [0.15, 0.2) is 58.7 Å². The van der Waals surface area contributed by atoms with Crippen LogP contribution in [0.1, 0.15) is 6.92 Å². The van der Waals surface area contributed by atoms with Crippen molar-refractivity contribution < 1.29 is 4.79 Å². The van der Waals surface area contributed by atoms with Gasteiger partial charge in [0.05, 0.1) is 0 Å². The molecule has 0 aromatic carbocycles. The number of carbonyl (C=O) groups is 1. The SMILES string of the molecule is C=C(/C=C/C=C/C(=O)Cl)/C(Cl)=C\C(Cl)=C/C. The number of halogens is 3. The van der Waals surface area contributed by atoms with Gasteiger partial charge < -0.3 is 0 Å². The Morgan fingerprint density at radius 3 is 2.19 bits per heavy atom. The number of allylic oxidation sites excluding steroid dienone is 9. The molecule has 0 amide bonds. The van der Waals surface area contributed by atoms with Gasteiger partial charge in [0.2, 0.25) is 5.24 Å². The molecule has 0 aliphatic rings. The second-order valence-electron chi connectivity index (χ2n) is 2.71. The minimum absolute atomic E-state index is 0.435. The van der Waals surface area contributed by atoms with Gasteiger partial charge in [0.25, 0.3) is 0 Å². The summed E-state index contributed by atoms with van der Waals surface area (Å²) in [6.07, 6.45) is 9.29. The Balaban J connectivity index is 4.48. The molecule has 0 saturated heterocycles. The Morgan fingerprint density at radius 2 is 1.69 bits per heavy atom. The maximum Gasteiger partial charge on any atom is 0.245 e. The van der Waals surface area contributed by atoms with Gasteiger partial charge in [-0.15, -0.1) is 0 Å². The molecule has 0 rings (SSSR count). The maximum absolute atomic E-state index is 10.4. The summed E-state index contributed by atoms with van der Waals surface area (Å²) in [5, 5.41) is 0.435. The lowest BCUT2D eigenvalue weighted by Crippen LogP contribution is -1.76. The summed E-state index contributed by atoms with van der Waals surface area (Å²) in [5.74, 6) is 0. The molecule has 0 atom stereocenters. The van der Waals surface area contributed by atoms with Crippen LogP contribution in [-0.2, 0) is 4.79 Å². The fourth-order valence-electron chi connectivity index (χ4n) is 0.680. The van der Waals surface area contributed by atoms with Crippen LogP contribution in [0.4, 0.5) is 0 Å². The Morgan fingerprint density at radius 1 is 1.12 bits per heavy atom. The minimum Gasteiger partial charge on any atom is -0.276 e. The van der Waals surface area contributed by atoms with Crippen molar-refractivity contribution in [3.05, 3.63) is 58.7 Å². The first-order valence-electron chi connectivity index (χ1n) is 4.40. The van der Waals surface area contributed by atoms with Crippen LogP contribution in [0.25, 0.3) is 0 Å². The second kappa shape index (κ2) is 8.40. The molecular weight excluding hydrogens is 266 g/mol. The molecule has 0 fully saturated rings. The summed E-state index contributed by atoms with van der Waals surface area (Å²) in [7, 11) is 0. The van der Waals surface area contributed by atoms with Crippen LogP contribution < -0.4 is 0 Å². The first kappa shape index (κ1) is 15.2. The molecule has 0 bridgehead atoms. The van der Waals surface area contributed by atoms with E-state index in [0.717, 1.165) is 0 Å². The minimum atomic E-state index is -0.533. The van der Waals surface area contributed by atoms with Crippen LogP contribution in [0, 0.1) is 0 Å². The molecular formula is C12H11Cl3O. The van der Waals surface area contributed by atoms with Gasteiger partial charge in [0.1, 0.15) is 0 Å². The molecule has 0 aliphatic carbocycles. The summed E-state index contributed by atoms with van der Waals surface area (Å²) >= 11 is 16.8. The van der Waals surface area contributed by atoms with Crippen molar-refractivity contribution >= 4 is 40.0 Å². The summed E-state index contributed by atoms with van der Waals surface area (Å²) in [5.41, 5.74) is 0.591. The lowest BCUT2D eigenvalue weighted by Gasteiger charge is -1.96. The van der Waals surface area contributed by atoms with E-state index >= 15 is 0 Å². The third-order valence-electron chi connectivity index (χ3n) is 1.48. The van der Waals surface area contributed by atoms with Gasteiger partial charge in [-0.2, -0.15) is 0 Å². The standard InChI is InChI=1S/C12H11Cl3O/c1-3-10(13)8-11(14)9(2)6-4-5-7-12(15)16/h3-8H,2H2,1H3/b6-4+,7-5+,10-3+,11-8+. The first-order valence-corrected chi connectivity index (χ1v) is 5.53. The van der Waals surface area contributed by atoms with Crippen LogP contribution >= 0.6 is 34.8 Å². The van der Waals surface area contributed by atoms with Gasteiger partial charge in [-0.3, -0.25) is 4.79 Å². The highest BCUT2D eigenvalue weighted by atomic mass is 35.5. The first-order chi connectivity index (χ1) is 7.47. The van der Waals surface area contributed by atoms with Crippen molar-refractivity contribution in [1.29, 1.82) is 0 Å². The summed E-state index contributed by atoms with van der Waals surface area (Å²) in [6.45, 7) is 5.54. The molecule has 0 aliphatic heterocycles. The van der Waals surface area contributed by atoms with Crippen molar-refractivity contribution in [2.45, 2.75) is 6.92 Å². The van der Waals surface area contributed by atoms with E-state index in [0.29, 0.717) is 15.6 Å². The Hall–Kier alpha value is -0.760. The highest BCUT2D eigenvalue weighted by Gasteiger charge is 1.95. The van der Waals surface area contributed by atoms with Crippen molar-refractivity contribution in [2.75, 3.05) is 0 Å². The Labute approximate surface area is 110 Å². The predicted molar refractivity (Wildman–Crippen MR) is 71.8 cm³/mol. The van der Waals surface area contributed by atoms with Gasteiger partial charge in [0, 0.05) is 10.1 Å². The normalized spacial score (nSPS) is 13.8. The Bertz CT molecular complexity index is 387. The largest absolute Gasteiger partial charge is 0.276 e. The molecule has 0 unspecified atom stereocenters. The molecule has 0 aromatic heterocycles. The molecule has 0 heterocycles. The lowest BCUT2D eigenvalue weighted by atomic mass is 10.2. The highest BCUT2D eigenvalue weighted by Crippen LogP contribution is 2.18. The summed E-state index contributed by atoms with van der Waals surface area (Å²) < 4.78 is 0. The predicted octanol–water partition coefficient (Wildman–Crippen LogP) is 4.69. The number of rotatable bonds is 5. The summed E-state index contributed by atoms with van der Waals surface area (Å²) in [4.78, 5) is 10.4. The van der Waals surface area contributed by atoms with E-state index in [-0.39, 0.29) is 0 Å². The fourth-order valence-corrected chi connectivity index (χ4v) is 1.10. The highest BCUT2D eigenvalue weighted by molar-refractivity contribution is 6.66. The van der Waals surface area contributed by atoms with E-state index < -0.39 is 5.24 Å². The lowest BCUT2D eigenvalue weighted by molar-refractivity contribution is -0.107. The van der Waals surface area contributed by atoms with Gasteiger partial charge >= 0.3 is 0 Å². The quantitative estimate of drug-likeness (QED) is 0.405. The van der Waals surface area contributed by atoms with E-state index in [9.17, 15) is 4.79 Å². The van der Waals surface area contributed by atoms with Crippen molar-refractivity contribution in [2.24, 2.45) is 0 Å². The molecule has 0 saturated carbocycles. The van der Waals surface area contributed by atoms with Crippen molar-refractivity contribution in [1.82, 2.24) is 0 Å². The number of hydrogen-bond acceptors (Lipinski definition) is 1. The van der Waals surface area contributed by atoms with Gasteiger partial charge in [-0.05, 0) is 36.2 Å². The number of carbonyl (C=O) groups excluding carboxylic acids is 1. The molecule has 0 N–H and O–H groups in total. The third-order valence-corrected chi connectivity index (χ3v) is 2.29. The molecule has 0 spiro atoms. The molecule has 0 aromatic rings. The van der Waals surface area contributed by atoms with Gasteiger partial charge in [-0.1, -0.05) is 54.1 Å². The monoisotopic (exact) mass is 276 g/mol. The Kier molecular flexibility index (Phi) is 8.00. The average molecular weight is 278 g/mol. The molecule has 16 heavy (non-hydrogen) atoms. The van der Waals surface area contributed by atoms with E-state index in [1.165, 1.54) is 12.2 Å². The topological polar surface area (TPSA) is 17.1 Å².